The Morgan fingerprint density at radius 3 is 2.62 bits per heavy atom. The Labute approximate surface area is 173 Å². The Balaban J connectivity index is 1.46. The Kier molecular flexibility index (Phi) is 5.81. The highest BCUT2D eigenvalue weighted by Crippen LogP contribution is 2.45. The van der Waals surface area contributed by atoms with Gasteiger partial charge >= 0.3 is 0 Å². The molecule has 0 unspecified atom stereocenters. The van der Waals surface area contributed by atoms with Crippen molar-refractivity contribution in [2.75, 3.05) is 31.5 Å². The molecule has 0 aliphatic carbocycles. The number of hydrogen-bond donors (Lipinski definition) is 1. The molecule has 0 radical (unpaired) electrons. The second kappa shape index (κ2) is 8.49. The van der Waals surface area contributed by atoms with E-state index in [0.29, 0.717) is 17.8 Å². The van der Waals surface area contributed by atoms with Crippen molar-refractivity contribution >= 4 is 11.9 Å². The smallest absolute Gasteiger partial charge is 0.222 e. The number of carbonyl (C=O) groups excluding carboxylic acids is 1. The highest BCUT2D eigenvalue weighted by Gasteiger charge is 2.48. The predicted molar refractivity (Wildman–Crippen MR) is 114 cm³/mol. The van der Waals surface area contributed by atoms with Crippen LogP contribution in [0.3, 0.4) is 0 Å². The van der Waals surface area contributed by atoms with E-state index in [1.807, 2.05) is 12.4 Å². The molecule has 0 bridgehead atoms. The molecule has 154 valence electrons. The fourth-order valence-corrected chi connectivity index (χ4v) is 4.93. The molecule has 6 nitrogen and oxygen atoms in total. The second-order valence-electron chi connectivity index (χ2n) is 8.43. The maximum Gasteiger partial charge on any atom is 0.222 e. The average molecular weight is 394 g/mol. The normalized spacial score (nSPS) is 24.0. The minimum absolute atomic E-state index is 0.181. The molecular formula is C23H31N5O. The molecule has 4 rings (SSSR count). The molecule has 29 heavy (non-hydrogen) atoms. The third kappa shape index (κ3) is 4.13. The van der Waals surface area contributed by atoms with Gasteiger partial charge in [0.2, 0.25) is 11.9 Å². The number of aromatic nitrogens is 2. The molecule has 1 aromatic carbocycles. The Bertz CT molecular complexity index is 853. The lowest BCUT2D eigenvalue weighted by atomic mass is 9.87. The van der Waals surface area contributed by atoms with Crippen molar-refractivity contribution in [3.8, 4) is 0 Å². The minimum atomic E-state index is 0.181. The van der Waals surface area contributed by atoms with Crippen molar-refractivity contribution in [3.05, 3.63) is 53.3 Å². The van der Waals surface area contributed by atoms with E-state index in [2.05, 4.69) is 63.2 Å². The van der Waals surface area contributed by atoms with Gasteiger partial charge in [0.25, 0.3) is 0 Å². The summed E-state index contributed by atoms with van der Waals surface area (Å²) in [6, 6.07) is 8.69. The van der Waals surface area contributed by atoms with Crippen molar-refractivity contribution in [1.29, 1.82) is 0 Å². The Hall–Kier alpha value is -2.47. The van der Waals surface area contributed by atoms with Gasteiger partial charge in [-0.2, -0.15) is 0 Å². The van der Waals surface area contributed by atoms with Crippen LogP contribution in [0.4, 0.5) is 5.95 Å². The summed E-state index contributed by atoms with van der Waals surface area (Å²) < 4.78 is 0. The maximum atomic E-state index is 12.3. The van der Waals surface area contributed by atoms with Crippen LogP contribution >= 0.6 is 0 Å². The molecular weight excluding hydrogens is 362 g/mol. The first-order chi connectivity index (χ1) is 14.1. The van der Waals surface area contributed by atoms with Gasteiger partial charge in [-0.3, -0.25) is 9.69 Å². The first kappa shape index (κ1) is 19.8. The van der Waals surface area contributed by atoms with Crippen LogP contribution in [0.2, 0.25) is 0 Å². The van der Waals surface area contributed by atoms with E-state index < -0.39 is 0 Å². The van der Waals surface area contributed by atoms with Gasteiger partial charge in [0.15, 0.2) is 0 Å². The van der Waals surface area contributed by atoms with Gasteiger partial charge in [-0.05, 0) is 30.4 Å². The third-order valence-electron chi connectivity index (χ3n) is 6.30. The molecule has 6 heteroatoms. The van der Waals surface area contributed by atoms with E-state index in [1.165, 1.54) is 11.1 Å². The van der Waals surface area contributed by atoms with E-state index >= 15 is 0 Å². The molecule has 2 saturated heterocycles. The number of rotatable bonds is 6. The first-order valence-electron chi connectivity index (χ1n) is 10.7. The van der Waals surface area contributed by atoms with E-state index in [-0.39, 0.29) is 11.9 Å². The summed E-state index contributed by atoms with van der Waals surface area (Å²) in [6.07, 6.45) is 4.92. The van der Waals surface area contributed by atoms with E-state index in [9.17, 15) is 4.79 Å². The van der Waals surface area contributed by atoms with Crippen LogP contribution in [-0.2, 0) is 11.3 Å². The number of nitrogens with one attached hydrogen (secondary N) is 1. The molecule has 1 aromatic heterocycles. The van der Waals surface area contributed by atoms with Crippen LogP contribution in [-0.4, -0.2) is 51.9 Å². The predicted octanol–water partition coefficient (Wildman–Crippen LogP) is 3.26. The van der Waals surface area contributed by atoms with Gasteiger partial charge < -0.3 is 10.2 Å². The third-order valence-corrected chi connectivity index (χ3v) is 6.30. The quantitative estimate of drug-likeness (QED) is 0.816. The monoisotopic (exact) mass is 393 g/mol. The number of carbonyl (C=O) groups is 1. The summed E-state index contributed by atoms with van der Waals surface area (Å²) in [5.74, 6) is 1.88. The lowest BCUT2D eigenvalue weighted by Crippen LogP contribution is -2.34. The lowest BCUT2D eigenvalue weighted by molar-refractivity contribution is -0.130. The molecule has 2 aliphatic rings. The Morgan fingerprint density at radius 2 is 1.93 bits per heavy atom. The van der Waals surface area contributed by atoms with E-state index in [1.54, 1.807) is 6.92 Å². The first-order valence-corrected chi connectivity index (χ1v) is 10.7. The number of nitrogens with zero attached hydrogens (tertiary/aromatic N) is 4. The summed E-state index contributed by atoms with van der Waals surface area (Å²) in [7, 11) is 0. The maximum absolute atomic E-state index is 12.3. The summed E-state index contributed by atoms with van der Waals surface area (Å²) in [5, 5.41) is 3.22. The Morgan fingerprint density at radius 1 is 1.17 bits per heavy atom. The molecule has 3 atom stereocenters. The number of benzene rings is 1. The highest BCUT2D eigenvalue weighted by atomic mass is 16.2. The van der Waals surface area contributed by atoms with Gasteiger partial charge in [-0.25, -0.2) is 9.97 Å². The van der Waals surface area contributed by atoms with Crippen LogP contribution in [0, 0.1) is 18.8 Å². The summed E-state index contributed by atoms with van der Waals surface area (Å²) >= 11 is 0. The zero-order valence-corrected chi connectivity index (χ0v) is 17.6. The van der Waals surface area contributed by atoms with Crippen molar-refractivity contribution in [1.82, 2.24) is 19.8 Å². The van der Waals surface area contributed by atoms with Crippen LogP contribution in [0.1, 0.15) is 43.0 Å². The lowest BCUT2D eigenvalue weighted by Gasteiger charge is -2.30. The summed E-state index contributed by atoms with van der Waals surface area (Å²) in [6.45, 7) is 10.6. The van der Waals surface area contributed by atoms with Gasteiger partial charge in [-0.15, -0.1) is 0 Å². The molecule has 2 aliphatic heterocycles. The summed E-state index contributed by atoms with van der Waals surface area (Å²) in [4.78, 5) is 25.8. The highest BCUT2D eigenvalue weighted by molar-refractivity contribution is 5.74. The number of anilines is 1. The van der Waals surface area contributed by atoms with E-state index in [0.717, 1.165) is 44.7 Å². The number of aryl methyl sites for hydroxylation is 1. The van der Waals surface area contributed by atoms with Crippen LogP contribution in [0.15, 0.2) is 36.7 Å². The van der Waals surface area contributed by atoms with Crippen molar-refractivity contribution in [2.45, 2.75) is 39.8 Å². The summed E-state index contributed by atoms with van der Waals surface area (Å²) in [5.41, 5.74) is 3.71. The number of fused-ring (bicyclic) bond motifs is 1. The molecule has 1 N–H and O–H groups in total. The minimum Gasteiger partial charge on any atom is -0.354 e. The number of hydrogen-bond acceptors (Lipinski definition) is 5. The molecule has 2 aromatic rings. The molecule has 3 heterocycles. The van der Waals surface area contributed by atoms with Gasteiger partial charge in [0.1, 0.15) is 0 Å². The zero-order valence-electron chi connectivity index (χ0n) is 17.6. The number of likely N-dealkylation sites (tertiary alicyclic amines) is 2. The standard InChI is InChI=1S/C23H31N5O/c1-4-9-24-23-25-10-18(11-26-23)12-27-13-19-14-28(17(3)29)22(21(19)15-27)20-8-6-5-7-16(20)2/h5-8,10-11,19,21-22H,4,9,12-15H2,1-3H3,(H,24,25,26)/t19-,21-,22-/m1/s1. The van der Waals surface area contributed by atoms with Crippen molar-refractivity contribution in [2.24, 2.45) is 11.8 Å². The second-order valence-corrected chi connectivity index (χ2v) is 8.43. The molecule has 0 saturated carbocycles. The number of amides is 1. The fourth-order valence-electron chi connectivity index (χ4n) is 4.93. The van der Waals surface area contributed by atoms with Gasteiger partial charge in [0, 0.05) is 63.5 Å². The van der Waals surface area contributed by atoms with Crippen molar-refractivity contribution in [3.63, 3.8) is 0 Å². The van der Waals surface area contributed by atoms with Crippen LogP contribution < -0.4 is 5.32 Å². The average Bonchev–Trinajstić information content (AvgIpc) is 3.25. The molecule has 1 amide bonds. The van der Waals surface area contributed by atoms with Gasteiger partial charge in [-0.1, -0.05) is 31.2 Å². The van der Waals surface area contributed by atoms with Crippen molar-refractivity contribution < 1.29 is 4.79 Å². The zero-order chi connectivity index (χ0) is 20.4. The van der Waals surface area contributed by atoms with Gasteiger partial charge in [0.05, 0.1) is 6.04 Å². The SMILES string of the molecule is CCCNc1ncc(CN2C[C@@H]3CN(C(C)=O)[C@H](c4ccccc4C)[C@@H]3C2)cn1. The van der Waals surface area contributed by atoms with Crippen LogP contribution in [0.5, 0.6) is 0 Å². The molecule has 2 fully saturated rings. The topological polar surface area (TPSA) is 61.4 Å². The van der Waals surface area contributed by atoms with E-state index in [4.69, 9.17) is 0 Å². The fraction of sp³-hybridized carbons (Fsp3) is 0.522. The van der Waals surface area contributed by atoms with Crippen LogP contribution in [0.25, 0.3) is 0 Å². The molecule has 0 spiro atoms. The largest absolute Gasteiger partial charge is 0.354 e.